The lowest BCUT2D eigenvalue weighted by molar-refractivity contribution is 0.0201. The lowest BCUT2D eigenvalue weighted by Crippen LogP contribution is -2.60. The third-order valence-electron chi connectivity index (χ3n) is 7.05. The molecule has 0 bridgehead atoms. The summed E-state index contributed by atoms with van der Waals surface area (Å²) in [5.74, 6) is 1.43. The maximum Gasteiger partial charge on any atom is 0.315 e. The number of benzene rings is 1. The monoisotopic (exact) mass is 425 g/mol. The summed E-state index contributed by atoms with van der Waals surface area (Å²) in [6, 6.07) is 12.9. The Labute approximate surface area is 185 Å². The number of hydrogen-bond donors (Lipinski definition) is 2. The Bertz CT molecular complexity index is 858. The molecule has 31 heavy (non-hydrogen) atoms. The molecule has 1 aromatic carbocycles. The Morgan fingerprint density at radius 2 is 1.94 bits per heavy atom. The third-order valence-corrected chi connectivity index (χ3v) is 7.05. The van der Waals surface area contributed by atoms with Crippen molar-refractivity contribution >= 4 is 11.7 Å². The van der Waals surface area contributed by atoms with Gasteiger partial charge in [-0.15, -0.1) is 0 Å². The first-order chi connectivity index (χ1) is 15.0. The van der Waals surface area contributed by atoms with Crippen molar-refractivity contribution in [3.05, 3.63) is 47.9 Å². The van der Waals surface area contributed by atoms with Crippen LogP contribution in [0.15, 0.2) is 40.9 Å². The first-order valence-corrected chi connectivity index (χ1v) is 11.5. The third kappa shape index (κ3) is 5.03. The SMILES string of the molecule is CCNC(=O)N[C@H]1C[C@@H](Cc2cc(CN3CCN(c4ccccc4)CC3)on2)C1(C)C. The number of nitrogens with one attached hydrogen (secondary N) is 2. The molecule has 7 heteroatoms. The van der Waals surface area contributed by atoms with E-state index in [0.29, 0.717) is 12.5 Å². The molecule has 0 radical (unpaired) electrons. The Balaban J connectivity index is 1.24. The average Bonchev–Trinajstić information content (AvgIpc) is 3.21. The van der Waals surface area contributed by atoms with Gasteiger partial charge in [0.05, 0.1) is 12.2 Å². The summed E-state index contributed by atoms with van der Waals surface area (Å²) in [5.41, 5.74) is 2.37. The van der Waals surface area contributed by atoms with Gasteiger partial charge >= 0.3 is 6.03 Å². The Hall–Kier alpha value is -2.54. The van der Waals surface area contributed by atoms with E-state index in [9.17, 15) is 4.79 Å². The number of amides is 2. The van der Waals surface area contributed by atoms with Gasteiger partial charge in [0.2, 0.25) is 0 Å². The zero-order chi connectivity index (χ0) is 21.8. The molecular formula is C24H35N5O2. The van der Waals surface area contributed by atoms with E-state index in [4.69, 9.17) is 4.52 Å². The van der Waals surface area contributed by atoms with Gasteiger partial charge in [-0.25, -0.2) is 4.79 Å². The molecular weight excluding hydrogens is 390 g/mol. The van der Waals surface area contributed by atoms with E-state index in [0.717, 1.165) is 57.0 Å². The van der Waals surface area contributed by atoms with Crippen LogP contribution in [0.3, 0.4) is 0 Å². The van der Waals surface area contributed by atoms with Gasteiger partial charge < -0.3 is 20.1 Å². The molecule has 2 heterocycles. The van der Waals surface area contributed by atoms with E-state index in [1.54, 1.807) is 0 Å². The maximum atomic E-state index is 11.8. The molecule has 7 nitrogen and oxygen atoms in total. The van der Waals surface area contributed by atoms with Crippen molar-refractivity contribution in [3.63, 3.8) is 0 Å². The number of para-hydroxylation sites is 1. The number of piperazine rings is 1. The lowest BCUT2D eigenvalue weighted by atomic mass is 9.57. The predicted molar refractivity (Wildman–Crippen MR) is 122 cm³/mol. The second-order valence-corrected chi connectivity index (χ2v) is 9.40. The molecule has 1 saturated heterocycles. The van der Waals surface area contributed by atoms with Crippen molar-refractivity contribution in [2.75, 3.05) is 37.6 Å². The van der Waals surface area contributed by atoms with Crippen molar-refractivity contribution in [2.45, 2.75) is 46.2 Å². The minimum Gasteiger partial charge on any atom is -0.369 e. The lowest BCUT2D eigenvalue weighted by Gasteiger charge is -2.52. The fourth-order valence-electron chi connectivity index (χ4n) is 4.78. The summed E-state index contributed by atoms with van der Waals surface area (Å²) in [4.78, 5) is 16.7. The van der Waals surface area contributed by atoms with Gasteiger partial charge in [0.25, 0.3) is 0 Å². The highest BCUT2D eigenvalue weighted by molar-refractivity contribution is 5.74. The summed E-state index contributed by atoms with van der Waals surface area (Å²) < 4.78 is 5.65. The van der Waals surface area contributed by atoms with Crippen LogP contribution in [0, 0.1) is 11.3 Å². The second kappa shape index (κ2) is 9.30. The molecule has 1 saturated carbocycles. The van der Waals surface area contributed by atoms with E-state index in [1.807, 2.05) is 6.92 Å². The zero-order valence-corrected chi connectivity index (χ0v) is 18.9. The van der Waals surface area contributed by atoms with Crippen LogP contribution < -0.4 is 15.5 Å². The van der Waals surface area contributed by atoms with Gasteiger partial charge in [0.15, 0.2) is 5.76 Å². The van der Waals surface area contributed by atoms with Gasteiger partial charge in [0.1, 0.15) is 0 Å². The zero-order valence-electron chi connectivity index (χ0n) is 18.9. The van der Waals surface area contributed by atoms with Gasteiger partial charge in [-0.1, -0.05) is 37.2 Å². The summed E-state index contributed by atoms with van der Waals surface area (Å²) in [5, 5.41) is 10.2. The predicted octanol–water partition coefficient (Wildman–Crippen LogP) is 3.27. The van der Waals surface area contributed by atoms with Gasteiger partial charge in [-0.2, -0.15) is 0 Å². The molecule has 4 rings (SSSR count). The van der Waals surface area contributed by atoms with Crippen molar-refractivity contribution in [1.29, 1.82) is 0 Å². The van der Waals surface area contributed by atoms with E-state index in [-0.39, 0.29) is 17.5 Å². The smallest absolute Gasteiger partial charge is 0.315 e. The Morgan fingerprint density at radius 1 is 1.19 bits per heavy atom. The number of aromatic nitrogens is 1. The van der Waals surface area contributed by atoms with E-state index in [2.05, 4.69) is 75.8 Å². The van der Waals surface area contributed by atoms with Crippen molar-refractivity contribution in [3.8, 4) is 0 Å². The molecule has 2 aliphatic rings. The Morgan fingerprint density at radius 3 is 2.61 bits per heavy atom. The second-order valence-electron chi connectivity index (χ2n) is 9.40. The quantitative estimate of drug-likeness (QED) is 0.712. The number of hydrogen-bond acceptors (Lipinski definition) is 5. The van der Waals surface area contributed by atoms with Crippen LogP contribution in [0.25, 0.3) is 0 Å². The van der Waals surface area contributed by atoms with E-state index in [1.165, 1.54) is 5.69 Å². The molecule has 0 spiro atoms. The normalized spacial score (nSPS) is 23.3. The topological polar surface area (TPSA) is 73.6 Å². The van der Waals surface area contributed by atoms with Gasteiger partial charge in [-0.3, -0.25) is 4.90 Å². The number of urea groups is 1. The molecule has 2 atom stereocenters. The van der Waals surface area contributed by atoms with Gasteiger partial charge in [0, 0.05) is 50.5 Å². The Kier molecular flexibility index (Phi) is 6.51. The van der Waals surface area contributed by atoms with Crippen LogP contribution >= 0.6 is 0 Å². The molecule has 2 fully saturated rings. The van der Waals surface area contributed by atoms with Crippen LogP contribution in [0.1, 0.15) is 38.6 Å². The van der Waals surface area contributed by atoms with E-state index < -0.39 is 0 Å². The van der Waals surface area contributed by atoms with Gasteiger partial charge in [-0.05, 0) is 43.2 Å². The fraction of sp³-hybridized carbons (Fsp3) is 0.583. The van der Waals surface area contributed by atoms with E-state index >= 15 is 0 Å². The standard InChI is InChI=1S/C24H35N5O2/c1-4-25-23(30)26-22-15-18(24(22,2)3)14-19-16-21(31-27-19)17-28-10-12-29(13-11-28)20-8-6-5-7-9-20/h5-9,16,18,22H,4,10-15,17H2,1-3H3,(H2,25,26,30)/t18-,22+/m1/s1. The van der Waals surface area contributed by atoms with Crippen LogP contribution in [0.5, 0.6) is 0 Å². The maximum absolute atomic E-state index is 11.8. The molecule has 168 valence electrons. The van der Waals surface area contributed by atoms with Crippen molar-refractivity contribution in [1.82, 2.24) is 20.7 Å². The molecule has 2 amide bonds. The minimum absolute atomic E-state index is 0.0535. The minimum atomic E-state index is -0.0740. The highest BCUT2D eigenvalue weighted by atomic mass is 16.5. The molecule has 0 unspecified atom stereocenters. The largest absolute Gasteiger partial charge is 0.369 e. The van der Waals surface area contributed by atoms with Crippen molar-refractivity contribution < 1.29 is 9.32 Å². The first-order valence-electron chi connectivity index (χ1n) is 11.5. The molecule has 2 N–H and O–H groups in total. The molecule has 1 aliphatic heterocycles. The first kappa shape index (κ1) is 21.7. The molecule has 2 aromatic rings. The number of rotatable bonds is 7. The molecule has 1 aliphatic carbocycles. The summed E-state index contributed by atoms with van der Waals surface area (Å²) in [6.07, 6.45) is 1.87. The highest BCUT2D eigenvalue weighted by Crippen LogP contribution is 2.47. The number of carbonyl (C=O) groups excluding carboxylic acids is 1. The summed E-state index contributed by atoms with van der Waals surface area (Å²) in [6.45, 7) is 11.9. The van der Waals surface area contributed by atoms with Crippen molar-refractivity contribution in [2.24, 2.45) is 11.3 Å². The van der Waals surface area contributed by atoms with Crippen LogP contribution in [0.2, 0.25) is 0 Å². The fourth-order valence-corrected chi connectivity index (χ4v) is 4.78. The number of anilines is 1. The highest BCUT2D eigenvalue weighted by Gasteiger charge is 2.48. The summed E-state index contributed by atoms with van der Waals surface area (Å²) in [7, 11) is 0. The van der Waals surface area contributed by atoms with Crippen LogP contribution in [-0.2, 0) is 13.0 Å². The number of carbonyl (C=O) groups is 1. The van der Waals surface area contributed by atoms with Crippen LogP contribution in [0.4, 0.5) is 10.5 Å². The van der Waals surface area contributed by atoms with Crippen LogP contribution in [-0.4, -0.2) is 54.9 Å². The molecule has 1 aromatic heterocycles. The number of nitrogens with zero attached hydrogens (tertiary/aromatic N) is 3. The summed E-state index contributed by atoms with van der Waals surface area (Å²) >= 11 is 0. The average molecular weight is 426 g/mol.